The van der Waals surface area contributed by atoms with Crippen LogP contribution in [0.5, 0.6) is 5.75 Å². The minimum absolute atomic E-state index is 0.0350. The number of anilines is 2. The van der Waals surface area contributed by atoms with Crippen LogP contribution in [0.1, 0.15) is 32.4 Å². The molecule has 0 radical (unpaired) electrons. The number of nitrogens with zero attached hydrogens (tertiary/aromatic N) is 4. The van der Waals surface area contributed by atoms with Gasteiger partial charge in [-0.1, -0.05) is 6.07 Å². The fraction of sp³-hybridized carbons (Fsp3) is 0.280. The smallest absolute Gasteiger partial charge is 0.410 e. The van der Waals surface area contributed by atoms with Gasteiger partial charge in [0.05, 0.1) is 11.2 Å². The van der Waals surface area contributed by atoms with Gasteiger partial charge in [-0.05, 0) is 68.7 Å². The van der Waals surface area contributed by atoms with Crippen LogP contribution in [0.4, 0.5) is 16.4 Å². The zero-order valence-electron chi connectivity index (χ0n) is 20.6. The van der Waals surface area contributed by atoms with E-state index in [1.54, 1.807) is 49.6 Å². The Labute approximate surface area is 219 Å². The molecule has 1 aliphatic rings. The summed E-state index contributed by atoms with van der Waals surface area (Å²) in [5.74, 6) is 0.614. The maximum Gasteiger partial charge on any atom is 0.412 e. The number of amides is 1. The van der Waals surface area contributed by atoms with Gasteiger partial charge in [0, 0.05) is 24.4 Å². The Morgan fingerprint density at radius 2 is 2.00 bits per heavy atom. The maximum atomic E-state index is 11.8. The lowest BCUT2D eigenvalue weighted by Crippen LogP contribution is -2.26. The number of sulfonamides is 1. The molecule has 1 unspecified atom stereocenters. The largest absolute Gasteiger partial charge is 0.412 e. The van der Waals surface area contributed by atoms with Crippen molar-refractivity contribution in [1.29, 1.82) is 0 Å². The predicted octanol–water partition coefficient (Wildman–Crippen LogP) is 3.69. The number of carbonyl (C=O) groups is 1. The highest BCUT2D eigenvalue weighted by Gasteiger charge is 2.22. The van der Waals surface area contributed by atoms with Crippen molar-refractivity contribution >= 4 is 38.9 Å². The minimum Gasteiger partial charge on any atom is -0.410 e. The Morgan fingerprint density at radius 3 is 2.71 bits per heavy atom. The van der Waals surface area contributed by atoms with E-state index in [-0.39, 0.29) is 17.1 Å². The van der Waals surface area contributed by atoms with Crippen molar-refractivity contribution in [2.75, 3.05) is 18.5 Å². The fourth-order valence-electron chi connectivity index (χ4n) is 4.18. The predicted molar refractivity (Wildman–Crippen MR) is 140 cm³/mol. The number of aromatic nitrogens is 4. The lowest BCUT2D eigenvalue weighted by molar-refractivity contribution is -0.0298. The number of carbonyl (C=O) groups excluding carboxylic acids is 1. The van der Waals surface area contributed by atoms with Gasteiger partial charge in [-0.2, -0.15) is 4.98 Å². The summed E-state index contributed by atoms with van der Waals surface area (Å²) in [6.07, 6.45) is 3.81. The van der Waals surface area contributed by atoms with Gasteiger partial charge in [-0.15, -0.1) is 0 Å². The van der Waals surface area contributed by atoms with Crippen LogP contribution in [0.2, 0.25) is 0 Å². The summed E-state index contributed by atoms with van der Waals surface area (Å²) in [5.41, 5.74) is 2.85. The first kappa shape index (κ1) is 25.6. The first-order chi connectivity index (χ1) is 18.3. The number of ether oxygens (including phenoxy) is 2. The van der Waals surface area contributed by atoms with E-state index in [1.807, 2.05) is 4.57 Å². The van der Waals surface area contributed by atoms with Gasteiger partial charge >= 0.3 is 6.09 Å². The van der Waals surface area contributed by atoms with Crippen molar-refractivity contribution in [2.24, 2.45) is 5.14 Å². The number of nitrogens with two attached hydrogens (primary N) is 1. The van der Waals surface area contributed by atoms with Crippen LogP contribution < -0.4 is 20.5 Å². The Balaban J connectivity index is 1.56. The third-order valence-corrected chi connectivity index (χ3v) is 6.88. The first-order valence-corrected chi connectivity index (χ1v) is 13.7. The molecule has 1 saturated heterocycles. The Morgan fingerprint density at radius 1 is 1.18 bits per heavy atom. The van der Waals surface area contributed by atoms with Gasteiger partial charge in [0.1, 0.15) is 23.2 Å². The Kier molecular flexibility index (Phi) is 7.22. The van der Waals surface area contributed by atoms with Crippen molar-refractivity contribution in [2.45, 2.75) is 37.3 Å². The lowest BCUT2D eigenvalue weighted by atomic mass is 10.1. The van der Waals surface area contributed by atoms with E-state index in [0.29, 0.717) is 41.4 Å². The molecule has 198 valence electrons. The van der Waals surface area contributed by atoms with Crippen molar-refractivity contribution in [1.82, 2.24) is 24.8 Å². The molecular formula is C25H27N7O5S. The van der Waals surface area contributed by atoms with E-state index >= 15 is 0 Å². The molecule has 12 nitrogen and oxygen atoms in total. The summed E-state index contributed by atoms with van der Waals surface area (Å²) in [5, 5.41) is 11.0. The Bertz CT molecular complexity index is 1570. The Hall–Kier alpha value is -4.07. The van der Waals surface area contributed by atoms with Crippen LogP contribution in [0.3, 0.4) is 0 Å². The average Bonchev–Trinajstić information content (AvgIpc) is 3.33. The number of nitrogens with one attached hydrogen (secondary N) is 2. The van der Waals surface area contributed by atoms with Crippen LogP contribution in [0.25, 0.3) is 22.4 Å². The first-order valence-electron chi connectivity index (χ1n) is 12.1. The normalized spacial score (nSPS) is 15.8. The van der Waals surface area contributed by atoms with Crippen LogP contribution in [0, 0.1) is 0 Å². The van der Waals surface area contributed by atoms with Gasteiger partial charge in [0.25, 0.3) is 0 Å². The number of fused-ring (bicyclic) bond motifs is 1. The number of benzene rings is 2. The summed E-state index contributed by atoms with van der Waals surface area (Å²) >= 11 is 0. The van der Waals surface area contributed by atoms with Crippen LogP contribution in [-0.4, -0.2) is 47.2 Å². The third-order valence-electron chi connectivity index (χ3n) is 5.97. The molecule has 0 aliphatic carbocycles. The molecule has 2 aromatic heterocycles. The maximum absolute atomic E-state index is 11.8. The molecular weight excluding hydrogens is 510 g/mol. The zero-order chi connectivity index (χ0) is 26.7. The lowest BCUT2D eigenvalue weighted by Gasteiger charge is -2.24. The van der Waals surface area contributed by atoms with Crippen molar-refractivity contribution in [3.8, 4) is 17.0 Å². The van der Waals surface area contributed by atoms with E-state index in [0.717, 1.165) is 24.8 Å². The van der Waals surface area contributed by atoms with Gasteiger partial charge < -0.3 is 20.1 Å². The van der Waals surface area contributed by atoms with Gasteiger partial charge in [0.15, 0.2) is 5.65 Å². The second-order valence-electron chi connectivity index (χ2n) is 8.68. The molecule has 1 amide bonds. The average molecular weight is 538 g/mol. The molecule has 2 aromatic carbocycles. The second kappa shape index (κ2) is 10.7. The highest BCUT2D eigenvalue weighted by atomic mass is 32.2. The fourth-order valence-corrected chi connectivity index (χ4v) is 4.74. The number of hydrogen-bond acceptors (Lipinski definition) is 9. The topological polar surface area (TPSA) is 163 Å². The molecule has 4 aromatic rings. The van der Waals surface area contributed by atoms with E-state index in [9.17, 15) is 13.2 Å². The van der Waals surface area contributed by atoms with Crippen molar-refractivity contribution < 1.29 is 22.7 Å². The van der Waals surface area contributed by atoms with Crippen LogP contribution >= 0.6 is 0 Å². The summed E-state index contributed by atoms with van der Waals surface area (Å²) in [6, 6.07) is 13.0. The van der Waals surface area contributed by atoms with Crippen molar-refractivity contribution in [3.05, 3.63) is 54.9 Å². The van der Waals surface area contributed by atoms with E-state index in [4.69, 9.17) is 24.6 Å². The van der Waals surface area contributed by atoms with E-state index < -0.39 is 16.1 Å². The number of imidazole rings is 1. The molecule has 1 aliphatic heterocycles. The van der Waals surface area contributed by atoms with Crippen LogP contribution in [-0.2, 0) is 14.8 Å². The molecule has 3 heterocycles. The molecule has 4 N–H and O–H groups in total. The summed E-state index contributed by atoms with van der Waals surface area (Å²) in [7, 11) is -3.88. The standard InChI is InChI=1S/C25H27N7O5S/c1-2-27-25(33)37-18-11-9-16(10-12-18)21-22-23(32(15-28-22)20-8-3-4-13-36-20)31-24(30-21)29-17-6-5-7-19(14-17)38(26,34)35/h5-7,9-12,14-15,20H,2-4,8,13H2,1H3,(H,27,33)(H2,26,34,35)(H,29,30,31). The zero-order valence-corrected chi connectivity index (χ0v) is 21.4. The third kappa shape index (κ3) is 5.59. The van der Waals surface area contributed by atoms with E-state index in [2.05, 4.69) is 15.6 Å². The van der Waals surface area contributed by atoms with Gasteiger partial charge in [0.2, 0.25) is 16.0 Å². The van der Waals surface area contributed by atoms with Crippen LogP contribution in [0.15, 0.2) is 59.8 Å². The highest BCUT2D eigenvalue weighted by molar-refractivity contribution is 7.89. The highest BCUT2D eigenvalue weighted by Crippen LogP contribution is 2.32. The molecule has 0 saturated carbocycles. The monoisotopic (exact) mass is 537 g/mol. The van der Waals surface area contributed by atoms with Gasteiger partial charge in [-0.25, -0.2) is 28.3 Å². The summed E-state index contributed by atoms with van der Waals surface area (Å²) < 4.78 is 36.8. The molecule has 1 fully saturated rings. The summed E-state index contributed by atoms with van der Waals surface area (Å²) in [4.78, 5) is 25.7. The molecule has 38 heavy (non-hydrogen) atoms. The quantitative estimate of drug-likeness (QED) is 0.319. The number of rotatable bonds is 7. The molecule has 1 atom stereocenters. The molecule has 13 heteroatoms. The molecule has 0 spiro atoms. The molecule has 0 bridgehead atoms. The summed E-state index contributed by atoms with van der Waals surface area (Å²) in [6.45, 7) is 2.92. The number of hydrogen-bond donors (Lipinski definition) is 3. The minimum atomic E-state index is -3.88. The van der Waals surface area contributed by atoms with Crippen molar-refractivity contribution in [3.63, 3.8) is 0 Å². The van der Waals surface area contributed by atoms with Gasteiger partial charge in [-0.3, -0.25) is 4.57 Å². The molecule has 5 rings (SSSR count). The second-order valence-corrected chi connectivity index (χ2v) is 10.2. The SMILES string of the molecule is CCNC(=O)Oc1ccc(-c2nc(Nc3cccc(S(N)(=O)=O)c3)nc3c2ncn3C2CCCCO2)cc1. The number of primary sulfonamides is 1. The van der Waals surface area contributed by atoms with E-state index in [1.165, 1.54) is 12.1 Å².